The molecule has 0 bridgehead atoms. The van der Waals surface area contributed by atoms with Gasteiger partial charge in [0.25, 0.3) is 0 Å². The fourth-order valence-corrected chi connectivity index (χ4v) is 0.977. The van der Waals surface area contributed by atoms with Crippen LogP contribution in [0, 0.1) is 5.92 Å². The highest BCUT2D eigenvalue weighted by atomic mass is 16.5. The van der Waals surface area contributed by atoms with Crippen molar-refractivity contribution in [2.24, 2.45) is 5.92 Å². The molecule has 1 aliphatic rings. The van der Waals surface area contributed by atoms with E-state index >= 15 is 0 Å². The molecule has 1 aliphatic carbocycles. The van der Waals surface area contributed by atoms with Crippen LogP contribution in [-0.2, 0) is 9.53 Å². The first-order valence-corrected chi connectivity index (χ1v) is 3.39. The minimum absolute atomic E-state index is 0.0827. The summed E-state index contributed by atoms with van der Waals surface area (Å²) in [6.45, 7) is 0. The maximum Gasteiger partial charge on any atom is 0.316 e. The normalized spacial score (nSPS) is 22.6. The van der Waals surface area contributed by atoms with Crippen LogP contribution < -0.4 is 0 Å². The third kappa shape index (κ3) is 1.61. The Morgan fingerprint density at radius 3 is 3.09 bits per heavy atom. The molecule has 0 saturated carbocycles. The molecule has 0 saturated heterocycles. The van der Waals surface area contributed by atoms with Crippen LogP contribution in [0.5, 0.6) is 0 Å². The third-order valence-corrected chi connectivity index (χ3v) is 1.62. The first-order valence-electron chi connectivity index (χ1n) is 3.39. The number of methoxy groups -OCH3 is 1. The number of aliphatic hydroxyl groups excluding tert-OH is 1. The van der Waals surface area contributed by atoms with E-state index < -0.39 is 5.92 Å². The van der Waals surface area contributed by atoms with Crippen molar-refractivity contribution < 1.29 is 14.6 Å². The van der Waals surface area contributed by atoms with Gasteiger partial charge in [-0.3, -0.25) is 4.79 Å². The van der Waals surface area contributed by atoms with Crippen LogP contribution in [0.25, 0.3) is 0 Å². The number of carbonyl (C=O) groups excluding carboxylic acids is 1. The van der Waals surface area contributed by atoms with Crippen LogP contribution in [0.1, 0.15) is 6.42 Å². The first-order chi connectivity index (χ1) is 5.25. The van der Waals surface area contributed by atoms with E-state index in [-0.39, 0.29) is 11.7 Å². The predicted octanol–water partition coefficient (Wildman–Crippen LogP) is 1.18. The molecule has 0 aromatic rings. The molecule has 1 N–H and O–H groups in total. The van der Waals surface area contributed by atoms with Crippen molar-refractivity contribution in [3.05, 3.63) is 24.0 Å². The van der Waals surface area contributed by atoms with E-state index in [0.29, 0.717) is 6.42 Å². The summed E-state index contributed by atoms with van der Waals surface area (Å²) in [5, 5.41) is 9.18. The molecular weight excluding hydrogens is 144 g/mol. The number of hydrogen-bond donors (Lipinski definition) is 1. The second-order valence-corrected chi connectivity index (χ2v) is 2.33. The van der Waals surface area contributed by atoms with Gasteiger partial charge in [0, 0.05) is 0 Å². The van der Waals surface area contributed by atoms with Crippen LogP contribution in [0.2, 0.25) is 0 Å². The molecule has 0 radical (unpaired) electrons. The number of carbonyl (C=O) groups is 1. The molecule has 60 valence electrons. The highest BCUT2D eigenvalue weighted by Gasteiger charge is 2.23. The number of aliphatic hydroxyl groups is 1. The average molecular weight is 154 g/mol. The molecule has 0 fully saturated rings. The Balaban J connectivity index is 2.68. The molecule has 11 heavy (non-hydrogen) atoms. The van der Waals surface area contributed by atoms with E-state index in [0.717, 1.165) is 0 Å². The Hall–Kier alpha value is -1.25. The van der Waals surface area contributed by atoms with Gasteiger partial charge in [-0.2, -0.15) is 0 Å². The molecular formula is C8H10O3. The Labute approximate surface area is 65.0 Å². The molecule has 0 spiro atoms. The first kappa shape index (κ1) is 7.85. The summed E-state index contributed by atoms with van der Waals surface area (Å²) in [6, 6.07) is 0. The molecule has 1 unspecified atom stereocenters. The zero-order chi connectivity index (χ0) is 8.27. The second-order valence-electron chi connectivity index (χ2n) is 2.33. The number of allylic oxidation sites excluding steroid dienone is 3. The van der Waals surface area contributed by atoms with E-state index in [1.54, 1.807) is 6.08 Å². The van der Waals surface area contributed by atoms with Crippen molar-refractivity contribution in [2.45, 2.75) is 6.42 Å². The average Bonchev–Trinajstić information content (AvgIpc) is 2.04. The Kier molecular flexibility index (Phi) is 2.31. The Bertz CT molecular complexity index is 215. The van der Waals surface area contributed by atoms with Crippen LogP contribution in [0.4, 0.5) is 0 Å². The van der Waals surface area contributed by atoms with Gasteiger partial charge in [-0.1, -0.05) is 12.2 Å². The summed E-state index contributed by atoms with van der Waals surface area (Å²) in [4.78, 5) is 10.9. The lowest BCUT2D eigenvalue weighted by Crippen LogP contribution is -2.18. The molecule has 3 nitrogen and oxygen atoms in total. The summed E-state index contributed by atoms with van der Waals surface area (Å²) in [5.41, 5.74) is 0. The zero-order valence-corrected chi connectivity index (χ0v) is 6.28. The van der Waals surface area contributed by atoms with E-state index in [4.69, 9.17) is 0 Å². The number of ether oxygens (including phenoxy) is 1. The molecule has 0 amide bonds. The molecule has 0 aliphatic heterocycles. The van der Waals surface area contributed by atoms with Crippen molar-refractivity contribution in [3.8, 4) is 0 Å². The van der Waals surface area contributed by atoms with E-state index in [2.05, 4.69) is 4.74 Å². The van der Waals surface area contributed by atoms with Crippen molar-refractivity contribution in [2.75, 3.05) is 7.11 Å². The number of rotatable bonds is 1. The smallest absolute Gasteiger partial charge is 0.316 e. The number of esters is 1. The van der Waals surface area contributed by atoms with Crippen molar-refractivity contribution in [1.82, 2.24) is 0 Å². The summed E-state index contributed by atoms with van der Waals surface area (Å²) in [5.74, 6) is -0.799. The van der Waals surface area contributed by atoms with Crippen LogP contribution in [0.15, 0.2) is 24.0 Å². The van der Waals surface area contributed by atoms with Gasteiger partial charge in [0.2, 0.25) is 0 Å². The molecule has 3 heteroatoms. The van der Waals surface area contributed by atoms with Gasteiger partial charge in [0.05, 0.1) is 7.11 Å². The van der Waals surface area contributed by atoms with Crippen LogP contribution >= 0.6 is 0 Å². The maximum atomic E-state index is 10.9. The lowest BCUT2D eigenvalue weighted by molar-refractivity contribution is -0.144. The van der Waals surface area contributed by atoms with E-state index in [1.807, 2.05) is 6.08 Å². The monoisotopic (exact) mass is 154 g/mol. The maximum absolute atomic E-state index is 10.9. The number of hydrogen-bond acceptors (Lipinski definition) is 3. The van der Waals surface area contributed by atoms with E-state index in [1.165, 1.54) is 13.2 Å². The second kappa shape index (κ2) is 3.23. The standard InChI is InChI=1S/C8H10O3/c1-11-8(10)6-4-2-3-5-7(6)9/h2-3,5-6,9H,4H2,1H3. The summed E-state index contributed by atoms with van der Waals surface area (Å²) in [6.07, 6.45) is 5.57. The largest absolute Gasteiger partial charge is 0.511 e. The SMILES string of the molecule is COC(=O)C1CC=CC=C1O. The van der Waals surface area contributed by atoms with Crippen LogP contribution in [0.3, 0.4) is 0 Å². The van der Waals surface area contributed by atoms with Gasteiger partial charge in [-0.25, -0.2) is 0 Å². The van der Waals surface area contributed by atoms with Gasteiger partial charge in [-0.15, -0.1) is 0 Å². The Morgan fingerprint density at radius 2 is 2.55 bits per heavy atom. The van der Waals surface area contributed by atoms with Crippen LogP contribution in [-0.4, -0.2) is 18.2 Å². The fraction of sp³-hybridized carbons (Fsp3) is 0.375. The van der Waals surface area contributed by atoms with Crippen molar-refractivity contribution in [1.29, 1.82) is 0 Å². The topological polar surface area (TPSA) is 46.5 Å². The predicted molar refractivity (Wildman–Crippen MR) is 40.0 cm³/mol. The highest BCUT2D eigenvalue weighted by Crippen LogP contribution is 2.18. The van der Waals surface area contributed by atoms with E-state index in [9.17, 15) is 9.90 Å². The molecule has 0 aromatic carbocycles. The van der Waals surface area contributed by atoms with Gasteiger partial charge in [-0.05, 0) is 12.5 Å². The molecule has 0 heterocycles. The zero-order valence-electron chi connectivity index (χ0n) is 6.28. The minimum atomic E-state index is -0.495. The lowest BCUT2D eigenvalue weighted by Gasteiger charge is -2.13. The molecule has 1 rings (SSSR count). The fourth-order valence-electron chi connectivity index (χ4n) is 0.977. The van der Waals surface area contributed by atoms with Crippen molar-refractivity contribution in [3.63, 3.8) is 0 Å². The summed E-state index contributed by atoms with van der Waals surface area (Å²) >= 11 is 0. The summed E-state index contributed by atoms with van der Waals surface area (Å²) in [7, 11) is 1.31. The van der Waals surface area contributed by atoms with Gasteiger partial charge in [0.15, 0.2) is 0 Å². The quantitative estimate of drug-likeness (QED) is 0.577. The highest BCUT2D eigenvalue weighted by molar-refractivity contribution is 5.75. The summed E-state index contributed by atoms with van der Waals surface area (Å²) < 4.78 is 4.49. The molecule has 0 aromatic heterocycles. The Morgan fingerprint density at radius 1 is 1.82 bits per heavy atom. The van der Waals surface area contributed by atoms with Gasteiger partial charge < -0.3 is 9.84 Å². The van der Waals surface area contributed by atoms with Crippen molar-refractivity contribution >= 4 is 5.97 Å². The van der Waals surface area contributed by atoms with Gasteiger partial charge in [0.1, 0.15) is 11.7 Å². The lowest BCUT2D eigenvalue weighted by atomic mass is 9.99. The van der Waals surface area contributed by atoms with Gasteiger partial charge >= 0.3 is 5.97 Å². The molecule has 1 atom stereocenters. The minimum Gasteiger partial charge on any atom is -0.511 e. The third-order valence-electron chi connectivity index (χ3n) is 1.62.